The topological polar surface area (TPSA) is 101 Å². The number of anilines is 2. The monoisotopic (exact) mass is 493 g/mol. The van der Waals surface area contributed by atoms with Gasteiger partial charge < -0.3 is 20.3 Å². The van der Waals surface area contributed by atoms with Crippen LogP contribution in [0.3, 0.4) is 0 Å². The molecule has 0 amide bonds. The molecular formula is C26H29F2N7O. The highest BCUT2D eigenvalue weighted by Crippen LogP contribution is 2.31. The van der Waals surface area contributed by atoms with Crippen LogP contribution in [-0.2, 0) is 0 Å². The lowest BCUT2D eigenvalue weighted by Crippen LogP contribution is -2.30. The number of rotatable bonds is 6. The number of nitrogens with zero attached hydrogens (tertiary/aromatic N) is 5. The van der Waals surface area contributed by atoms with E-state index < -0.39 is 17.7 Å². The molecule has 0 unspecified atom stereocenters. The number of aliphatic hydroxyl groups excluding tert-OH is 1. The van der Waals surface area contributed by atoms with Gasteiger partial charge in [-0.25, -0.2) is 28.7 Å². The Balaban J connectivity index is 1.41. The average Bonchev–Trinajstić information content (AvgIpc) is 3.22. The summed E-state index contributed by atoms with van der Waals surface area (Å²) in [5, 5.41) is 16.9. The molecule has 4 aromatic rings. The number of halogens is 2. The van der Waals surface area contributed by atoms with Gasteiger partial charge >= 0.3 is 0 Å². The van der Waals surface area contributed by atoms with Crippen LogP contribution in [0.5, 0.6) is 0 Å². The lowest BCUT2D eigenvalue weighted by atomic mass is 9.89. The Bertz CT molecular complexity index is 1380. The third kappa shape index (κ3) is 4.66. The maximum atomic E-state index is 14.9. The van der Waals surface area contributed by atoms with E-state index in [0.717, 1.165) is 37.7 Å². The van der Waals surface area contributed by atoms with Gasteiger partial charge in [0, 0.05) is 17.8 Å². The summed E-state index contributed by atoms with van der Waals surface area (Å²) < 4.78 is 31.6. The number of nitrogens with one attached hydrogen (secondary N) is 2. The summed E-state index contributed by atoms with van der Waals surface area (Å²) in [4.78, 5) is 17.0. The molecule has 5 rings (SSSR count). The van der Waals surface area contributed by atoms with Crippen LogP contribution in [0.25, 0.3) is 22.3 Å². The zero-order valence-electron chi connectivity index (χ0n) is 20.5. The molecule has 1 saturated heterocycles. The van der Waals surface area contributed by atoms with Gasteiger partial charge in [-0.2, -0.15) is 0 Å². The molecule has 1 atom stereocenters. The Morgan fingerprint density at radius 2 is 1.83 bits per heavy atom. The van der Waals surface area contributed by atoms with Crippen molar-refractivity contribution in [2.24, 2.45) is 5.92 Å². The van der Waals surface area contributed by atoms with Gasteiger partial charge in [0.05, 0.1) is 17.8 Å². The number of pyridine rings is 1. The molecular weight excluding hydrogens is 464 g/mol. The number of hydrogen-bond acceptors (Lipinski definition) is 7. The zero-order chi connectivity index (χ0) is 25.4. The fourth-order valence-electron chi connectivity index (χ4n) is 4.89. The predicted molar refractivity (Wildman–Crippen MR) is 134 cm³/mol. The number of fused-ring (bicyclic) bond motifs is 1. The molecule has 1 aliphatic rings. The molecule has 36 heavy (non-hydrogen) atoms. The standard InChI is InChI=1S/C26H29F2N7O/c1-14(2)35-15(3)32-24-19(27)10-18(11-21(24)35)23-20(28)13-31-26(34-23)33-22-5-4-17(12-30-22)25(36)16-6-8-29-9-7-16/h4-5,10-14,16,25,29,36H,6-9H2,1-3H3,(H,30,31,33,34)/t25-/m1/s1. The Morgan fingerprint density at radius 3 is 2.53 bits per heavy atom. The summed E-state index contributed by atoms with van der Waals surface area (Å²) >= 11 is 0. The Kier molecular flexibility index (Phi) is 6.63. The van der Waals surface area contributed by atoms with Crippen molar-refractivity contribution in [3.05, 3.63) is 59.7 Å². The summed E-state index contributed by atoms with van der Waals surface area (Å²) in [5.41, 5.74) is 1.83. The number of imidazole rings is 1. The minimum Gasteiger partial charge on any atom is -0.388 e. The molecule has 4 heterocycles. The van der Waals surface area contributed by atoms with Crippen LogP contribution >= 0.6 is 0 Å². The molecule has 0 radical (unpaired) electrons. The molecule has 3 aromatic heterocycles. The van der Waals surface area contributed by atoms with E-state index >= 15 is 0 Å². The largest absolute Gasteiger partial charge is 0.388 e. The first-order valence-electron chi connectivity index (χ1n) is 12.1. The van der Waals surface area contributed by atoms with Gasteiger partial charge in [0.1, 0.15) is 22.9 Å². The van der Waals surface area contributed by atoms with E-state index in [1.807, 2.05) is 31.4 Å². The lowest BCUT2D eigenvalue weighted by molar-refractivity contribution is 0.0886. The van der Waals surface area contributed by atoms with Gasteiger partial charge in [-0.05, 0) is 76.4 Å². The molecule has 8 nitrogen and oxygen atoms in total. The molecule has 1 aromatic carbocycles. The number of hydrogen-bond donors (Lipinski definition) is 3. The molecule has 3 N–H and O–H groups in total. The first kappa shape index (κ1) is 24.2. The van der Waals surface area contributed by atoms with Crippen LogP contribution in [0.15, 0.2) is 36.7 Å². The fraction of sp³-hybridized carbons (Fsp3) is 0.385. The predicted octanol–water partition coefficient (Wildman–Crippen LogP) is 4.83. The van der Waals surface area contributed by atoms with Crippen molar-refractivity contribution in [3.8, 4) is 11.3 Å². The fourth-order valence-corrected chi connectivity index (χ4v) is 4.89. The van der Waals surface area contributed by atoms with Gasteiger partial charge in [0.2, 0.25) is 5.95 Å². The molecule has 1 aliphatic heterocycles. The zero-order valence-corrected chi connectivity index (χ0v) is 20.5. The van der Waals surface area contributed by atoms with E-state index in [0.29, 0.717) is 17.2 Å². The second-order valence-electron chi connectivity index (χ2n) is 9.47. The van der Waals surface area contributed by atoms with E-state index in [1.54, 1.807) is 18.3 Å². The van der Waals surface area contributed by atoms with Crippen molar-refractivity contribution in [2.75, 3.05) is 18.4 Å². The van der Waals surface area contributed by atoms with Crippen molar-refractivity contribution in [1.29, 1.82) is 0 Å². The Hall–Kier alpha value is -3.50. The van der Waals surface area contributed by atoms with Crippen molar-refractivity contribution < 1.29 is 13.9 Å². The lowest BCUT2D eigenvalue weighted by Gasteiger charge is -2.27. The van der Waals surface area contributed by atoms with Crippen LogP contribution in [0.1, 0.15) is 50.2 Å². The quantitative estimate of drug-likeness (QED) is 0.354. The van der Waals surface area contributed by atoms with E-state index in [1.165, 1.54) is 6.07 Å². The van der Waals surface area contributed by atoms with E-state index in [4.69, 9.17) is 0 Å². The normalized spacial score (nSPS) is 15.5. The average molecular weight is 494 g/mol. The van der Waals surface area contributed by atoms with Crippen LogP contribution in [0.4, 0.5) is 20.5 Å². The highest BCUT2D eigenvalue weighted by Gasteiger charge is 2.23. The number of aromatic nitrogens is 5. The van der Waals surface area contributed by atoms with E-state index in [2.05, 4.69) is 30.6 Å². The van der Waals surface area contributed by atoms with E-state index in [9.17, 15) is 13.9 Å². The second kappa shape index (κ2) is 9.87. The third-order valence-corrected chi connectivity index (χ3v) is 6.66. The minimum absolute atomic E-state index is 0.0274. The maximum Gasteiger partial charge on any atom is 0.229 e. The van der Waals surface area contributed by atoms with Crippen LogP contribution < -0.4 is 10.6 Å². The first-order valence-corrected chi connectivity index (χ1v) is 12.1. The van der Waals surface area contributed by atoms with Crippen molar-refractivity contribution in [3.63, 3.8) is 0 Å². The van der Waals surface area contributed by atoms with Gasteiger partial charge in [0.15, 0.2) is 11.6 Å². The molecule has 0 aliphatic carbocycles. The SMILES string of the molecule is Cc1nc2c(F)cc(-c3nc(Nc4ccc([C@H](O)C5CCNCC5)cn4)ncc3F)cc2n1C(C)C. The number of aryl methyl sites for hydroxylation is 1. The van der Waals surface area contributed by atoms with Gasteiger partial charge in [-0.3, -0.25) is 0 Å². The first-order chi connectivity index (χ1) is 17.3. The van der Waals surface area contributed by atoms with Crippen LogP contribution in [-0.4, -0.2) is 42.7 Å². The smallest absolute Gasteiger partial charge is 0.229 e. The van der Waals surface area contributed by atoms with Gasteiger partial charge in [0.25, 0.3) is 0 Å². The molecule has 0 bridgehead atoms. The molecule has 0 saturated carbocycles. The molecule has 10 heteroatoms. The highest BCUT2D eigenvalue weighted by molar-refractivity contribution is 5.83. The number of aliphatic hydroxyl groups is 1. The van der Waals surface area contributed by atoms with Gasteiger partial charge in [-0.1, -0.05) is 6.07 Å². The van der Waals surface area contributed by atoms with Crippen molar-refractivity contribution in [2.45, 2.75) is 45.8 Å². The minimum atomic E-state index is -0.667. The van der Waals surface area contributed by atoms with Crippen LogP contribution in [0.2, 0.25) is 0 Å². The van der Waals surface area contributed by atoms with Crippen molar-refractivity contribution >= 4 is 22.8 Å². The second-order valence-corrected chi connectivity index (χ2v) is 9.47. The van der Waals surface area contributed by atoms with Crippen molar-refractivity contribution in [1.82, 2.24) is 29.8 Å². The number of piperidine rings is 1. The summed E-state index contributed by atoms with van der Waals surface area (Å²) in [7, 11) is 0. The Labute approximate surface area is 207 Å². The summed E-state index contributed by atoms with van der Waals surface area (Å²) in [6.45, 7) is 7.58. The summed E-state index contributed by atoms with van der Waals surface area (Å²) in [6.07, 6.45) is 3.93. The molecule has 1 fully saturated rings. The van der Waals surface area contributed by atoms with E-state index in [-0.39, 0.29) is 34.7 Å². The number of benzene rings is 1. The highest BCUT2D eigenvalue weighted by atomic mass is 19.1. The third-order valence-electron chi connectivity index (χ3n) is 6.66. The summed E-state index contributed by atoms with van der Waals surface area (Å²) in [5.74, 6) is 0.246. The van der Waals surface area contributed by atoms with Gasteiger partial charge in [-0.15, -0.1) is 0 Å². The van der Waals surface area contributed by atoms with Crippen LogP contribution in [0, 0.1) is 24.5 Å². The molecule has 0 spiro atoms. The summed E-state index contributed by atoms with van der Waals surface area (Å²) in [6, 6.07) is 6.53. The molecule has 188 valence electrons. The maximum absolute atomic E-state index is 14.9. The Morgan fingerprint density at radius 1 is 1.06 bits per heavy atom.